The number of nitriles is 1. The maximum atomic E-state index is 9.22. The van der Waals surface area contributed by atoms with Crippen LogP contribution in [-0.4, -0.2) is 59.2 Å². The van der Waals surface area contributed by atoms with Crippen LogP contribution < -0.4 is 9.64 Å². The molecule has 0 radical (unpaired) electrons. The Kier molecular flexibility index (Phi) is 5.53. The number of piperazine rings is 1. The van der Waals surface area contributed by atoms with Crippen molar-refractivity contribution in [3.8, 4) is 12.1 Å². The molecule has 0 aliphatic carbocycles. The highest BCUT2D eigenvalue weighted by molar-refractivity contribution is 6.28. The van der Waals surface area contributed by atoms with Crippen molar-refractivity contribution in [1.82, 2.24) is 19.9 Å². The number of aromatic nitrogens is 3. The zero-order valence-corrected chi connectivity index (χ0v) is 13.0. The van der Waals surface area contributed by atoms with Crippen molar-refractivity contribution in [1.29, 1.82) is 5.26 Å². The summed E-state index contributed by atoms with van der Waals surface area (Å²) in [7, 11) is 1.50. The quantitative estimate of drug-likeness (QED) is 0.812. The number of methoxy groups -OCH3 is 1. The third-order valence-corrected chi connectivity index (χ3v) is 3.68. The number of hydrogen-bond donors (Lipinski definition) is 0. The van der Waals surface area contributed by atoms with Gasteiger partial charge in [0.25, 0.3) is 0 Å². The van der Waals surface area contributed by atoms with E-state index in [1.807, 2.05) is 4.90 Å². The number of rotatable bonds is 5. The van der Waals surface area contributed by atoms with E-state index in [-0.39, 0.29) is 17.3 Å². The van der Waals surface area contributed by atoms with Crippen LogP contribution in [0.1, 0.15) is 19.8 Å². The van der Waals surface area contributed by atoms with E-state index in [2.05, 4.69) is 32.8 Å². The van der Waals surface area contributed by atoms with Gasteiger partial charge in [0.15, 0.2) is 0 Å². The standard InChI is InChI=1S/C13H19ClN6O/c1-3-4-10(9-15)19-5-7-20(8-6-19)12-16-11(14)17-13(18-12)21-2/h10H,3-8H2,1-2H3. The van der Waals surface area contributed by atoms with Crippen LogP contribution in [0.25, 0.3) is 0 Å². The van der Waals surface area contributed by atoms with Crippen LogP contribution in [0.3, 0.4) is 0 Å². The molecular formula is C13H19ClN6O. The van der Waals surface area contributed by atoms with Crippen molar-refractivity contribution in [2.24, 2.45) is 0 Å². The lowest BCUT2D eigenvalue weighted by atomic mass is 10.1. The topological polar surface area (TPSA) is 78.2 Å². The van der Waals surface area contributed by atoms with Gasteiger partial charge in [-0.25, -0.2) is 0 Å². The number of halogens is 1. The average Bonchev–Trinajstić information content (AvgIpc) is 2.52. The number of hydrogen-bond acceptors (Lipinski definition) is 7. The summed E-state index contributed by atoms with van der Waals surface area (Å²) in [5.41, 5.74) is 0. The number of ether oxygens (including phenoxy) is 1. The average molecular weight is 311 g/mol. The first-order chi connectivity index (χ1) is 10.2. The van der Waals surface area contributed by atoms with Crippen LogP contribution in [0.15, 0.2) is 0 Å². The summed E-state index contributed by atoms with van der Waals surface area (Å²) < 4.78 is 5.01. The van der Waals surface area contributed by atoms with E-state index >= 15 is 0 Å². The van der Waals surface area contributed by atoms with Gasteiger partial charge >= 0.3 is 6.01 Å². The maximum Gasteiger partial charge on any atom is 0.322 e. The van der Waals surface area contributed by atoms with Gasteiger partial charge in [-0.15, -0.1) is 0 Å². The lowest BCUT2D eigenvalue weighted by Gasteiger charge is -2.36. The molecule has 1 atom stereocenters. The molecule has 2 rings (SSSR count). The van der Waals surface area contributed by atoms with E-state index in [4.69, 9.17) is 16.3 Å². The van der Waals surface area contributed by atoms with Crippen LogP contribution in [-0.2, 0) is 0 Å². The van der Waals surface area contributed by atoms with Crippen LogP contribution in [0.2, 0.25) is 5.28 Å². The molecule has 1 aliphatic heterocycles. The molecule has 0 bridgehead atoms. The van der Waals surface area contributed by atoms with Gasteiger partial charge in [-0.1, -0.05) is 13.3 Å². The Hall–Kier alpha value is -1.65. The molecule has 1 aromatic heterocycles. The summed E-state index contributed by atoms with van der Waals surface area (Å²) in [6.07, 6.45) is 1.92. The molecule has 8 heteroatoms. The van der Waals surface area contributed by atoms with Crippen molar-refractivity contribution in [3.63, 3.8) is 0 Å². The van der Waals surface area contributed by atoms with Crippen LogP contribution >= 0.6 is 11.6 Å². The Morgan fingerprint density at radius 2 is 2.00 bits per heavy atom. The predicted molar refractivity (Wildman–Crippen MR) is 79.5 cm³/mol. The Morgan fingerprint density at radius 1 is 1.29 bits per heavy atom. The Morgan fingerprint density at radius 3 is 2.57 bits per heavy atom. The highest BCUT2D eigenvalue weighted by Gasteiger charge is 2.25. The fourth-order valence-electron chi connectivity index (χ4n) is 2.39. The van der Waals surface area contributed by atoms with E-state index in [1.54, 1.807) is 0 Å². The first-order valence-corrected chi connectivity index (χ1v) is 7.40. The fraction of sp³-hybridized carbons (Fsp3) is 0.692. The Labute approximate surface area is 129 Å². The van der Waals surface area contributed by atoms with E-state index in [0.29, 0.717) is 5.95 Å². The molecule has 7 nitrogen and oxygen atoms in total. The lowest BCUT2D eigenvalue weighted by Crippen LogP contribution is -2.50. The van der Waals surface area contributed by atoms with Crippen molar-refractivity contribution >= 4 is 17.5 Å². The second-order valence-electron chi connectivity index (χ2n) is 4.85. The molecule has 2 heterocycles. The SMILES string of the molecule is CCCC(C#N)N1CCN(c2nc(Cl)nc(OC)n2)CC1. The fourth-order valence-corrected chi connectivity index (χ4v) is 2.54. The van der Waals surface area contributed by atoms with Crippen LogP contribution in [0, 0.1) is 11.3 Å². The molecule has 114 valence electrons. The molecule has 0 saturated carbocycles. The van der Waals surface area contributed by atoms with Gasteiger partial charge < -0.3 is 9.64 Å². The van der Waals surface area contributed by atoms with Gasteiger partial charge in [-0.05, 0) is 18.0 Å². The van der Waals surface area contributed by atoms with Crippen LogP contribution in [0.5, 0.6) is 6.01 Å². The second kappa shape index (κ2) is 7.38. The zero-order chi connectivity index (χ0) is 15.2. The monoisotopic (exact) mass is 310 g/mol. The Balaban J connectivity index is 2.01. The predicted octanol–water partition coefficient (Wildman–Crippen LogP) is 1.35. The van der Waals surface area contributed by atoms with E-state index in [1.165, 1.54) is 7.11 Å². The second-order valence-corrected chi connectivity index (χ2v) is 5.19. The molecule has 1 saturated heterocycles. The highest BCUT2D eigenvalue weighted by Crippen LogP contribution is 2.18. The maximum absolute atomic E-state index is 9.22. The lowest BCUT2D eigenvalue weighted by molar-refractivity contribution is 0.210. The largest absolute Gasteiger partial charge is 0.467 e. The molecule has 0 spiro atoms. The Bertz CT molecular complexity index is 512. The third kappa shape index (κ3) is 3.93. The molecule has 1 aromatic rings. The zero-order valence-electron chi connectivity index (χ0n) is 12.3. The van der Waals surface area contributed by atoms with Crippen molar-refractivity contribution in [2.45, 2.75) is 25.8 Å². The van der Waals surface area contributed by atoms with Gasteiger partial charge in [-0.2, -0.15) is 20.2 Å². The smallest absolute Gasteiger partial charge is 0.322 e. The summed E-state index contributed by atoms with van der Waals surface area (Å²) in [4.78, 5) is 16.5. The third-order valence-electron chi connectivity index (χ3n) is 3.51. The van der Waals surface area contributed by atoms with Crippen molar-refractivity contribution in [2.75, 3.05) is 38.2 Å². The van der Waals surface area contributed by atoms with Gasteiger partial charge in [-0.3, -0.25) is 4.90 Å². The van der Waals surface area contributed by atoms with Gasteiger partial charge in [0.05, 0.1) is 19.2 Å². The number of nitrogens with zero attached hydrogens (tertiary/aromatic N) is 6. The molecule has 1 aliphatic rings. The van der Waals surface area contributed by atoms with Gasteiger partial charge in [0, 0.05) is 26.2 Å². The minimum absolute atomic E-state index is 0.00590. The van der Waals surface area contributed by atoms with E-state index < -0.39 is 0 Å². The normalized spacial score (nSPS) is 17.3. The molecular weight excluding hydrogens is 292 g/mol. The molecule has 0 aromatic carbocycles. The molecule has 1 unspecified atom stereocenters. The molecule has 0 N–H and O–H groups in total. The minimum Gasteiger partial charge on any atom is -0.467 e. The summed E-state index contributed by atoms with van der Waals surface area (Å²) in [5, 5.41) is 9.35. The summed E-state index contributed by atoms with van der Waals surface area (Å²) in [6, 6.07) is 2.59. The molecule has 21 heavy (non-hydrogen) atoms. The minimum atomic E-state index is -0.00590. The van der Waals surface area contributed by atoms with E-state index in [0.717, 1.165) is 39.0 Å². The van der Waals surface area contributed by atoms with Crippen molar-refractivity contribution < 1.29 is 4.74 Å². The summed E-state index contributed by atoms with van der Waals surface area (Å²) in [6.45, 7) is 5.23. The van der Waals surface area contributed by atoms with Crippen molar-refractivity contribution in [3.05, 3.63) is 5.28 Å². The number of anilines is 1. The molecule has 0 amide bonds. The highest BCUT2D eigenvalue weighted by atomic mass is 35.5. The van der Waals surface area contributed by atoms with Gasteiger partial charge in [0.1, 0.15) is 0 Å². The molecule has 1 fully saturated rings. The summed E-state index contributed by atoms with van der Waals surface area (Å²) >= 11 is 5.87. The van der Waals surface area contributed by atoms with E-state index in [9.17, 15) is 5.26 Å². The van der Waals surface area contributed by atoms with Crippen LogP contribution in [0.4, 0.5) is 5.95 Å². The van der Waals surface area contributed by atoms with Gasteiger partial charge in [0.2, 0.25) is 11.2 Å². The first-order valence-electron chi connectivity index (χ1n) is 7.02. The first kappa shape index (κ1) is 15.7. The summed E-state index contributed by atoms with van der Waals surface area (Å²) in [5.74, 6) is 0.524.